The summed E-state index contributed by atoms with van der Waals surface area (Å²) in [6, 6.07) is 5.66. The molecule has 0 atom stereocenters. The van der Waals surface area contributed by atoms with E-state index in [0.717, 1.165) is 22.7 Å². The third kappa shape index (κ3) is 3.09. The number of nitrogens with one attached hydrogen (secondary N) is 1. The van der Waals surface area contributed by atoms with Crippen molar-refractivity contribution in [1.82, 2.24) is 4.98 Å². The highest BCUT2D eigenvalue weighted by molar-refractivity contribution is 5.93. The Labute approximate surface area is 124 Å². The van der Waals surface area contributed by atoms with E-state index in [1.165, 1.54) is 32.1 Å². The van der Waals surface area contributed by atoms with Gasteiger partial charge in [0.2, 0.25) is 5.91 Å². The average Bonchev–Trinajstić information content (AvgIpc) is 2.91. The first-order valence-corrected chi connectivity index (χ1v) is 7.85. The van der Waals surface area contributed by atoms with Crippen LogP contribution in [0.1, 0.15) is 57.8 Å². The largest absolute Gasteiger partial charge is 0.440 e. The summed E-state index contributed by atoms with van der Waals surface area (Å²) >= 11 is 0. The van der Waals surface area contributed by atoms with Gasteiger partial charge in [-0.25, -0.2) is 4.98 Å². The molecule has 0 bridgehead atoms. The highest BCUT2D eigenvalue weighted by atomic mass is 16.3. The monoisotopic (exact) mass is 286 g/mol. The van der Waals surface area contributed by atoms with Gasteiger partial charge in [-0.2, -0.15) is 0 Å². The first kappa shape index (κ1) is 14.1. The molecule has 0 saturated heterocycles. The SMILES string of the molecule is CC(C)C(=O)Nc1ccc2oc(C3CCCCC3)nc2c1. The molecular weight excluding hydrogens is 264 g/mol. The number of hydrogen-bond donors (Lipinski definition) is 1. The van der Waals surface area contributed by atoms with Gasteiger partial charge in [-0.05, 0) is 31.0 Å². The Hall–Kier alpha value is -1.84. The van der Waals surface area contributed by atoms with Crippen molar-refractivity contribution < 1.29 is 9.21 Å². The molecule has 112 valence electrons. The van der Waals surface area contributed by atoms with Gasteiger partial charge >= 0.3 is 0 Å². The standard InChI is InChI=1S/C17H22N2O2/c1-11(2)16(20)18-13-8-9-15-14(10-13)19-17(21-15)12-6-4-3-5-7-12/h8-12H,3-7H2,1-2H3,(H,18,20). The highest BCUT2D eigenvalue weighted by Crippen LogP contribution is 2.34. The van der Waals surface area contributed by atoms with E-state index in [-0.39, 0.29) is 11.8 Å². The van der Waals surface area contributed by atoms with Gasteiger partial charge in [-0.1, -0.05) is 33.1 Å². The summed E-state index contributed by atoms with van der Waals surface area (Å²) < 4.78 is 5.89. The van der Waals surface area contributed by atoms with Crippen molar-refractivity contribution in [3.63, 3.8) is 0 Å². The van der Waals surface area contributed by atoms with Crippen LogP contribution in [0.25, 0.3) is 11.1 Å². The van der Waals surface area contributed by atoms with Gasteiger partial charge in [-0.3, -0.25) is 4.79 Å². The van der Waals surface area contributed by atoms with Crippen molar-refractivity contribution in [3.05, 3.63) is 24.1 Å². The van der Waals surface area contributed by atoms with Crippen LogP contribution in [0.2, 0.25) is 0 Å². The highest BCUT2D eigenvalue weighted by Gasteiger charge is 2.21. The number of aromatic nitrogens is 1. The molecule has 1 N–H and O–H groups in total. The number of carbonyl (C=O) groups is 1. The van der Waals surface area contributed by atoms with Crippen LogP contribution < -0.4 is 5.32 Å². The van der Waals surface area contributed by atoms with Crippen molar-refractivity contribution in [3.8, 4) is 0 Å². The smallest absolute Gasteiger partial charge is 0.226 e. The molecule has 1 aromatic heterocycles. The lowest BCUT2D eigenvalue weighted by molar-refractivity contribution is -0.118. The van der Waals surface area contributed by atoms with E-state index in [4.69, 9.17) is 4.42 Å². The number of nitrogens with zero attached hydrogens (tertiary/aromatic N) is 1. The summed E-state index contributed by atoms with van der Waals surface area (Å²) in [5, 5.41) is 2.90. The maximum atomic E-state index is 11.7. The van der Waals surface area contributed by atoms with Gasteiger partial charge in [0.05, 0.1) is 0 Å². The van der Waals surface area contributed by atoms with E-state index in [2.05, 4.69) is 10.3 Å². The second-order valence-electron chi connectivity index (χ2n) is 6.21. The minimum absolute atomic E-state index is 0.0188. The fraction of sp³-hybridized carbons (Fsp3) is 0.529. The first-order valence-electron chi connectivity index (χ1n) is 7.85. The van der Waals surface area contributed by atoms with E-state index < -0.39 is 0 Å². The normalized spacial score (nSPS) is 16.5. The van der Waals surface area contributed by atoms with Gasteiger partial charge in [0.1, 0.15) is 5.52 Å². The number of fused-ring (bicyclic) bond motifs is 1. The first-order chi connectivity index (χ1) is 10.1. The lowest BCUT2D eigenvalue weighted by Crippen LogP contribution is -2.17. The summed E-state index contributed by atoms with van der Waals surface area (Å²) in [5.74, 6) is 1.30. The molecule has 1 aliphatic carbocycles. The second-order valence-corrected chi connectivity index (χ2v) is 6.21. The Bertz CT molecular complexity index is 639. The summed E-state index contributed by atoms with van der Waals surface area (Å²) in [5.41, 5.74) is 2.42. The number of hydrogen-bond acceptors (Lipinski definition) is 3. The molecule has 21 heavy (non-hydrogen) atoms. The lowest BCUT2D eigenvalue weighted by Gasteiger charge is -2.17. The number of rotatable bonds is 3. The molecule has 0 radical (unpaired) electrons. The molecule has 1 aliphatic rings. The van der Waals surface area contributed by atoms with Gasteiger partial charge in [0, 0.05) is 17.5 Å². The summed E-state index contributed by atoms with van der Waals surface area (Å²) in [6.07, 6.45) is 6.19. The third-order valence-corrected chi connectivity index (χ3v) is 4.15. The van der Waals surface area contributed by atoms with Crippen LogP contribution in [0.5, 0.6) is 0 Å². The third-order valence-electron chi connectivity index (χ3n) is 4.15. The molecule has 0 unspecified atom stereocenters. The van der Waals surface area contributed by atoms with Crippen LogP contribution in [0, 0.1) is 5.92 Å². The Morgan fingerprint density at radius 1 is 1.29 bits per heavy atom. The molecule has 1 amide bonds. The van der Waals surface area contributed by atoms with Gasteiger partial charge in [-0.15, -0.1) is 0 Å². The van der Waals surface area contributed by atoms with Crippen molar-refractivity contribution in [2.45, 2.75) is 51.9 Å². The van der Waals surface area contributed by atoms with E-state index in [1.807, 2.05) is 32.0 Å². The number of oxazole rings is 1. The van der Waals surface area contributed by atoms with E-state index in [1.54, 1.807) is 0 Å². The number of amides is 1. The molecule has 1 aromatic carbocycles. The maximum absolute atomic E-state index is 11.7. The van der Waals surface area contributed by atoms with Crippen LogP contribution in [0.4, 0.5) is 5.69 Å². The number of carbonyl (C=O) groups excluding carboxylic acids is 1. The predicted octanol–water partition coefficient (Wildman–Crippen LogP) is 4.47. The number of benzene rings is 1. The topological polar surface area (TPSA) is 55.1 Å². The lowest BCUT2D eigenvalue weighted by atomic mass is 9.89. The Balaban J connectivity index is 1.82. The zero-order valence-electron chi connectivity index (χ0n) is 12.7. The molecule has 4 nitrogen and oxygen atoms in total. The van der Waals surface area contributed by atoms with Crippen molar-refractivity contribution in [2.75, 3.05) is 5.32 Å². The molecule has 1 fully saturated rings. The molecule has 0 spiro atoms. The molecule has 4 heteroatoms. The van der Waals surface area contributed by atoms with Crippen molar-refractivity contribution >= 4 is 22.7 Å². The molecule has 0 aliphatic heterocycles. The minimum atomic E-state index is -0.0317. The molecule has 3 rings (SSSR count). The quantitative estimate of drug-likeness (QED) is 0.905. The summed E-state index contributed by atoms with van der Waals surface area (Å²) in [4.78, 5) is 16.4. The summed E-state index contributed by atoms with van der Waals surface area (Å²) in [6.45, 7) is 3.76. The van der Waals surface area contributed by atoms with Crippen LogP contribution in [0.3, 0.4) is 0 Å². The van der Waals surface area contributed by atoms with Gasteiger partial charge in [0.25, 0.3) is 0 Å². The van der Waals surface area contributed by atoms with Crippen LogP contribution in [0.15, 0.2) is 22.6 Å². The zero-order valence-corrected chi connectivity index (χ0v) is 12.7. The number of anilines is 1. The Kier molecular flexibility index (Phi) is 3.95. The van der Waals surface area contributed by atoms with Crippen LogP contribution in [-0.4, -0.2) is 10.9 Å². The Morgan fingerprint density at radius 3 is 2.76 bits per heavy atom. The van der Waals surface area contributed by atoms with Gasteiger partial charge in [0.15, 0.2) is 11.5 Å². The van der Waals surface area contributed by atoms with Crippen molar-refractivity contribution in [1.29, 1.82) is 0 Å². The van der Waals surface area contributed by atoms with Crippen LogP contribution in [-0.2, 0) is 4.79 Å². The summed E-state index contributed by atoms with van der Waals surface area (Å²) in [7, 11) is 0. The molecule has 2 aromatic rings. The van der Waals surface area contributed by atoms with E-state index in [0.29, 0.717) is 5.92 Å². The molecule has 1 heterocycles. The van der Waals surface area contributed by atoms with Crippen molar-refractivity contribution in [2.24, 2.45) is 5.92 Å². The minimum Gasteiger partial charge on any atom is -0.440 e. The average molecular weight is 286 g/mol. The maximum Gasteiger partial charge on any atom is 0.226 e. The van der Waals surface area contributed by atoms with Gasteiger partial charge < -0.3 is 9.73 Å². The fourth-order valence-corrected chi connectivity index (χ4v) is 2.83. The predicted molar refractivity (Wildman–Crippen MR) is 83.3 cm³/mol. The Morgan fingerprint density at radius 2 is 2.05 bits per heavy atom. The fourth-order valence-electron chi connectivity index (χ4n) is 2.83. The van der Waals surface area contributed by atoms with E-state index >= 15 is 0 Å². The zero-order chi connectivity index (χ0) is 14.8. The second kappa shape index (κ2) is 5.88. The molecule has 1 saturated carbocycles. The van der Waals surface area contributed by atoms with Crippen LogP contribution >= 0.6 is 0 Å². The van der Waals surface area contributed by atoms with E-state index in [9.17, 15) is 4.79 Å². The molecular formula is C17H22N2O2.